The number of ether oxygens (including phenoxy) is 1. The molecule has 0 spiro atoms. The number of fused-ring (bicyclic) bond motifs is 1. The lowest BCUT2D eigenvalue weighted by Crippen LogP contribution is -2.15. The number of hydrogen-bond acceptors (Lipinski definition) is 5. The average Bonchev–Trinajstić information content (AvgIpc) is 3.30. The van der Waals surface area contributed by atoms with Gasteiger partial charge in [0.15, 0.2) is 0 Å². The molecule has 4 aromatic rings. The van der Waals surface area contributed by atoms with Crippen molar-refractivity contribution >= 4 is 44.7 Å². The van der Waals surface area contributed by atoms with Crippen LogP contribution in [0.1, 0.15) is 41.5 Å². The molecule has 170 valence electrons. The lowest BCUT2D eigenvalue weighted by Gasteiger charge is -2.31. The van der Waals surface area contributed by atoms with E-state index in [2.05, 4.69) is 46.4 Å². The topological polar surface area (TPSA) is 72.3 Å². The van der Waals surface area contributed by atoms with Crippen molar-refractivity contribution < 1.29 is 14.6 Å². The summed E-state index contributed by atoms with van der Waals surface area (Å²) in [6.45, 7) is 0. The first-order valence-corrected chi connectivity index (χ1v) is 12.1. The third-order valence-corrected chi connectivity index (χ3v) is 7.09. The summed E-state index contributed by atoms with van der Waals surface area (Å²) >= 11 is 1.64. The largest absolute Gasteiger partial charge is 0.481 e. The lowest BCUT2D eigenvalue weighted by atomic mass is 9.73. The van der Waals surface area contributed by atoms with Gasteiger partial charge in [-0.3, -0.25) is 0 Å². The van der Waals surface area contributed by atoms with Crippen LogP contribution in [0.3, 0.4) is 0 Å². The van der Waals surface area contributed by atoms with Gasteiger partial charge < -0.3 is 9.84 Å². The molecule has 1 aliphatic carbocycles. The summed E-state index contributed by atoms with van der Waals surface area (Å²) in [5.74, 6) is 0.0835. The summed E-state index contributed by atoms with van der Waals surface area (Å²) < 4.78 is 6.45. The summed E-state index contributed by atoms with van der Waals surface area (Å²) in [5, 5.41) is 8.95. The van der Waals surface area contributed by atoms with E-state index < -0.39 is 5.97 Å². The van der Waals surface area contributed by atoms with E-state index >= 15 is 0 Å². The lowest BCUT2D eigenvalue weighted by molar-refractivity contribution is -0.131. The Morgan fingerprint density at radius 3 is 2.44 bits per heavy atom. The Morgan fingerprint density at radius 2 is 1.79 bits per heavy atom. The Bertz CT molecular complexity index is 1380. The van der Waals surface area contributed by atoms with E-state index in [0.717, 1.165) is 51.4 Å². The van der Waals surface area contributed by atoms with E-state index in [9.17, 15) is 4.79 Å². The number of carbonyl (C=O) groups is 1. The molecule has 0 atom stereocenters. The summed E-state index contributed by atoms with van der Waals surface area (Å²) in [4.78, 5) is 19.9. The molecule has 1 saturated carbocycles. The second kappa shape index (κ2) is 9.61. The Labute approximate surface area is 202 Å². The number of rotatable bonds is 7. The second-order valence-corrected chi connectivity index (χ2v) is 9.22. The Morgan fingerprint density at radius 1 is 1.03 bits per heavy atom. The molecule has 0 amide bonds. The number of carboxylic acid groups (broad SMARTS) is 1. The van der Waals surface area contributed by atoms with Crippen molar-refractivity contribution in [2.45, 2.75) is 19.3 Å². The molecule has 2 aromatic carbocycles. The van der Waals surface area contributed by atoms with Crippen LogP contribution in [-0.4, -0.2) is 28.2 Å². The van der Waals surface area contributed by atoms with Crippen LogP contribution in [0.5, 0.6) is 5.88 Å². The average molecular weight is 469 g/mol. The van der Waals surface area contributed by atoms with E-state index in [0.29, 0.717) is 11.8 Å². The van der Waals surface area contributed by atoms with Crippen molar-refractivity contribution in [3.8, 4) is 5.88 Å². The maximum Gasteiger partial charge on any atom is 0.328 e. The number of thiazole rings is 1. The normalized spacial score (nSPS) is 14.7. The van der Waals surface area contributed by atoms with Crippen molar-refractivity contribution in [2.75, 3.05) is 7.11 Å². The quantitative estimate of drug-likeness (QED) is 0.311. The van der Waals surface area contributed by atoms with Crippen LogP contribution in [0.2, 0.25) is 0 Å². The van der Waals surface area contributed by atoms with Crippen LogP contribution in [0.4, 0.5) is 0 Å². The number of hydrogen-bond donors (Lipinski definition) is 1. The number of nitrogens with zero attached hydrogens (tertiary/aromatic N) is 2. The van der Waals surface area contributed by atoms with E-state index in [4.69, 9.17) is 9.84 Å². The molecule has 5 nitrogen and oxygen atoms in total. The maximum atomic E-state index is 10.9. The first kappa shape index (κ1) is 22.0. The summed E-state index contributed by atoms with van der Waals surface area (Å²) in [6, 6.07) is 18.5. The van der Waals surface area contributed by atoms with E-state index in [1.54, 1.807) is 24.5 Å². The molecule has 1 N–H and O–H groups in total. The Balaban J connectivity index is 1.71. The molecule has 34 heavy (non-hydrogen) atoms. The maximum absolute atomic E-state index is 10.9. The molecule has 0 radical (unpaired) electrons. The van der Waals surface area contributed by atoms with Crippen molar-refractivity contribution in [1.82, 2.24) is 9.97 Å². The fraction of sp³-hybridized carbons (Fsp3) is 0.179. The molecule has 2 heterocycles. The highest BCUT2D eigenvalue weighted by molar-refractivity contribution is 7.16. The number of allylic oxidation sites excluding steroid dienone is 1. The predicted molar refractivity (Wildman–Crippen MR) is 137 cm³/mol. The minimum absolute atomic E-state index is 0.447. The van der Waals surface area contributed by atoms with Crippen molar-refractivity contribution in [2.24, 2.45) is 5.92 Å². The van der Waals surface area contributed by atoms with E-state index in [1.165, 1.54) is 17.6 Å². The Hall–Kier alpha value is -3.77. The minimum Gasteiger partial charge on any atom is -0.481 e. The smallest absolute Gasteiger partial charge is 0.328 e. The van der Waals surface area contributed by atoms with Crippen molar-refractivity contribution in [1.29, 1.82) is 0 Å². The first-order valence-electron chi connectivity index (χ1n) is 11.2. The van der Waals surface area contributed by atoms with Crippen LogP contribution >= 0.6 is 11.3 Å². The number of benzene rings is 2. The number of carboxylic acids is 1. The zero-order valence-corrected chi connectivity index (χ0v) is 19.6. The number of aromatic nitrogens is 2. The van der Waals surface area contributed by atoms with Crippen LogP contribution in [0, 0.1) is 5.92 Å². The molecule has 6 heteroatoms. The van der Waals surface area contributed by atoms with Gasteiger partial charge in [0, 0.05) is 18.3 Å². The highest BCUT2D eigenvalue weighted by atomic mass is 32.1. The van der Waals surface area contributed by atoms with Crippen molar-refractivity contribution in [3.63, 3.8) is 0 Å². The van der Waals surface area contributed by atoms with Gasteiger partial charge in [-0.15, -0.1) is 11.3 Å². The zero-order valence-electron chi connectivity index (χ0n) is 18.8. The number of aliphatic carboxylic acids is 1. The van der Waals surface area contributed by atoms with Gasteiger partial charge in [-0.2, -0.15) is 0 Å². The molecule has 2 aromatic heterocycles. The molecule has 0 aliphatic heterocycles. The fourth-order valence-electron chi connectivity index (χ4n) is 4.36. The van der Waals surface area contributed by atoms with E-state index in [-0.39, 0.29) is 0 Å². The van der Waals surface area contributed by atoms with Crippen LogP contribution in [0.15, 0.2) is 72.4 Å². The van der Waals surface area contributed by atoms with Gasteiger partial charge in [-0.05, 0) is 76.4 Å². The van der Waals surface area contributed by atoms with Gasteiger partial charge in [0.25, 0.3) is 0 Å². The van der Waals surface area contributed by atoms with Gasteiger partial charge in [-0.1, -0.05) is 36.8 Å². The molecule has 0 saturated heterocycles. The van der Waals surface area contributed by atoms with E-state index in [1.807, 2.05) is 29.9 Å². The highest BCUT2D eigenvalue weighted by Crippen LogP contribution is 2.45. The van der Waals surface area contributed by atoms with Crippen LogP contribution < -0.4 is 4.74 Å². The molecule has 0 bridgehead atoms. The second-order valence-electron chi connectivity index (χ2n) is 8.33. The summed E-state index contributed by atoms with van der Waals surface area (Å²) in [6.07, 6.45) is 8.17. The monoisotopic (exact) mass is 468 g/mol. The van der Waals surface area contributed by atoms with Crippen LogP contribution in [-0.2, 0) is 4.79 Å². The molecule has 1 fully saturated rings. The third kappa shape index (κ3) is 4.50. The zero-order chi connectivity index (χ0) is 23.5. The standard InChI is InChI=1S/C28H24N2O3S/c1-33-25-13-11-22(16-29-25)28(19-3-2-4-19)27(21-10-12-24-23(15-21)30-17-34-24)20-8-5-18(6-9-20)7-14-26(31)32/h5-17,19H,2-4H2,1H3,(H,31,32)/b14-7+,28-27+. The Kier molecular flexibility index (Phi) is 6.23. The summed E-state index contributed by atoms with van der Waals surface area (Å²) in [5.41, 5.74) is 9.45. The van der Waals surface area contributed by atoms with Gasteiger partial charge in [0.05, 0.1) is 22.8 Å². The number of methoxy groups -OCH3 is 1. The predicted octanol–water partition coefficient (Wildman–Crippen LogP) is 6.56. The van der Waals surface area contributed by atoms with Crippen LogP contribution in [0.25, 0.3) is 27.4 Å². The SMILES string of the molecule is COc1ccc(/C(=C(\c2ccc(/C=C/C(=O)O)cc2)c2ccc3scnc3c2)C2CCC2)cn1. The highest BCUT2D eigenvalue weighted by Gasteiger charge is 2.27. The fourth-order valence-corrected chi connectivity index (χ4v) is 5.02. The third-order valence-electron chi connectivity index (χ3n) is 6.28. The van der Waals surface area contributed by atoms with Crippen molar-refractivity contribution in [3.05, 3.63) is 94.6 Å². The molecule has 0 unspecified atom stereocenters. The summed E-state index contributed by atoms with van der Waals surface area (Å²) in [7, 11) is 1.62. The molecule has 5 rings (SSSR count). The van der Waals surface area contributed by atoms with Gasteiger partial charge >= 0.3 is 5.97 Å². The number of pyridine rings is 1. The molecular formula is C28H24N2O3S. The molecule has 1 aliphatic rings. The first-order chi connectivity index (χ1) is 16.6. The van der Waals surface area contributed by atoms with Gasteiger partial charge in [-0.25, -0.2) is 14.8 Å². The van der Waals surface area contributed by atoms with Gasteiger partial charge in [0.1, 0.15) is 0 Å². The van der Waals surface area contributed by atoms with Gasteiger partial charge in [0.2, 0.25) is 5.88 Å². The molecular weight excluding hydrogens is 444 g/mol. The minimum atomic E-state index is -0.958.